The van der Waals surface area contributed by atoms with E-state index in [1.807, 2.05) is 0 Å². The van der Waals surface area contributed by atoms with Crippen LogP contribution in [0.2, 0.25) is 12.1 Å². The molecule has 0 saturated carbocycles. The van der Waals surface area contributed by atoms with Crippen LogP contribution < -0.4 is 0 Å². The molecule has 0 aliphatic carbocycles. The van der Waals surface area contributed by atoms with Gasteiger partial charge in [-0.3, -0.25) is 0 Å². The van der Waals surface area contributed by atoms with Crippen LogP contribution in [0.3, 0.4) is 0 Å². The van der Waals surface area contributed by atoms with Crippen LogP contribution in [-0.2, 0) is 0 Å². The van der Waals surface area contributed by atoms with Gasteiger partial charge >= 0.3 is 0 Å². The van der Waals surface area contributed by atoms with Crippen LogP contribution in [0, 0.1) is 11.8 Å². The maximum atomic E-state index is 2.34. The van der Waals surface area contributed by atoms with Gasteiger partial charge in [-0.1, -0.05) is 65.0 Å². The summed E-state index contributed by atoms with van der Waals surface area (Å²) >= 11 is 0. The van der Waals surface area contributed by atoms with E-state index in [2.05, 4.69) is 34.6 Å². The van der Waals surface area contributed by atoms with Crippen LogP contribution in [0.25, 0.3) is 0 Å². The molecule has 0 bridgehead atoms. The zero-order chi connectivity index (χ0) is 8.85. The third-order valence-corrected chi connectivity index (χ3v) is 2.58. The summed E-state index contributed by atoms with van der Waals surface area (Å²) in [6.45, 7) is 11.6. The fraction of sp³-hybridized carbons (Fsp3) is 1.00. The maximum Gasteiger partial charge on any atom is 0.124 e. The largest absolute Gasteiger partial charge is 0.124 e. The molecule has 66 valence electrons. The molecule has 0 fully saturated rings. The molecule has 0 saturated heterocycles. The number of hydrogen-bond donors (Lipinski definition) is 0. The Morgan fingerprint density at radius 2 is 1.64 bits per heavy atom. The zero-order valence-electron chi connectivity index (χ0n) is 8.85. The third-order valence-electron chi connectivity index (χ3n) is 2.58. The average Bonchev–Trinajstić information content (AvgIpc) is 1.87. The summed E-state index contributed by atoms with van der Waals surface area (Å²) in [6, 6.07) is 0. The van der Waals surface area contributed by atoms with Crippen molar-refractivity contribution in [3.8, 4) is 0 Å². The Kier molecular flexibility index (Phi) is 5.72. The Morgan fingerprint density at radius 1 is 1.09 bits per heavy atom. The van der Waals surface area contributed by atoms with Crippen molar-refractivity contribution in [2.24, 2.45) is 11.8 Å². The van der Waals surface area contributed by atoms with Crippen molar-refractivity contribution >= 4 is 7.28 Å². The van der Waals surface area contributed by atoms with E-state index in [4.69, 9.17) is 0 Å². The summed E-state index contributed by atoms with van der Waals surface area (Å²) in [5.41, 5.74) is 0. The number of hydrogen-bond acceptors (Lipinski definition) is 0. The highest BCUT2D eigenvalue weighted by Gasteiger charge is 2.12. The van der Waals surface area contributed by atoms with Crippen molar-refractivity contribution in [1.29, 1.82) is 0 Å². The van der Waals surface area contributed by atoms with Crippen LogP contribution in [0.15, 0.2) is 0 Å². The van der Waals surface area contributed by atoms with Crippen molar-refractivity contribution in [2.45, 2.75) is 53.2 Å². The minimum atomic E-state index is 0.874. The Balaban J connectivity index is 3.52. The van der Waals surface area contributed by atoms with Gasteiger partial charge in [0.25, 0.3) is 0 Å². The fourth-order valence-corrected chi connectivity index (χ4v) is 1.56. The van der Waals surface area contributed by atoms with E-state index in [9.17, 15) is 0 Å². The predicted molar refractivity (Wildman–Crippen MR) is 55.7 cm³/mol. The summed E-state index contributed by atoms with van der Waals surface area (Å²) in [5, 5.41) is 0. The van der Waals surface area contributed by atoms with E-state index in [0.29, 0.717) is 0 Å². The molecule has 0 rings (SSSR count). The molecule has 1 atom stereocenters. The molecule has 0 amide bonds. The average molecular weight is 154 g/mol. The Labute approximate surface area is 73.0 Å². The molecule has 1 heteroatoms. The molecule has 0 aromatic carbocycles. The lowest BCUT2D eigenvalue weighted by molar-refractivity contribution is 0.563. The van der Waals surface area contributed by atoms with E-state index in [1.54, 1.807) is 0 Å². The second kappa shape index (κ2) is 5.68. The molecule has 11 heavy (non-hydrogen) atoms. The predicted octanol–water partition coefficient (Wildman–Crippen LogP) is 3.35. The van der Waals surface area contributed by atoms with Crippen molar-refractivity contribution in [1.82, 2.24) is 0 Å². The second-order valence-corrected chi connectivity index (χ2v) is 4.38. The van der Waals surface area contributed by atoms with Gasteiger partial charge in [0, 0.05) is 0 Å². The summed E-state index contributed by atoms with van der Waals surface area (Å²) in [5.74, 6) is 2.71. The van der Waals surface area contributed by atoms with Crippen molar-refractivity contribution in [2.75, 3.05) is 0 Å². The highest BCUT2D eigenvalue weighted by Crippen LogP contribution is 2.22. The van der Waals surface area contributed by atoms with Crippen LogP contribution in [0.4, 0.5) is 0 Å². The Morgan fingerprint density at radius 3 is 1.91 bits per heavy atom. The van der Waals surface area contributed by atoms with Gasteiger partial charge < -0.3 is 0 Å². The normalized spacial score (nSPS) is 14.1. The van der Waals surface area contributed by atoms with Gasteiger partial charge in [-0.2, -0.15) is 0 Å². The molecule has 0 spiro atoms. The van der Waals surface area contributed by atoms with Gasteiger partial charge in [0.2, 0.25) is 0 Å². The summed E-state index contributed by atoms with van der Waals surface area (Å²) in [4.78, 5) is 0. The molecule has 0 heterocycles. The third kappa shape index (κ3) is 5.35. The quantitative estimate of drug-likeness (QED) is 0.532. The van der Waals surface area contributed by atoms with Crippen molar-refractivity contribution in [3.05, 3.63) is 0 Å². The monoisotopic (exact) mass is 154 g/mol. The van der Waals surface area contributed by atoms with Gasteiger partial charge in [-0.15, -0.1) is 0 Å². The Hall–Kier alpha value is 0.0649. The Bertz CT molecular complexity index is 86.9. The minimum Gasteiger partial charge on any atom is -0.0749 e. The van der Waals surface area contributed by atoms with Crippen LogP contribution in [-0.4, -0.2) is 7.28 Å². The highest BCUT2D eigenvalue weighted by molar-refractivity contribution is 6.37. The molecule has 0 nitrogen and oxygen atoms in total. The molecular formula is C10H23B. The maximum absolute atomic E-state index is 2.34. The SMILES string of the molecule is CCC(BCC(C)C)C(C)C. The van der Waals surface area contributed by atoms with Gasteiger partial charge in [-0.05, 0) is 0 Å². The van der Waals surface area contributed by atoms with E-state index in [-0.39, 0.29) is 0 Å². The van der Waals surface area contributed by atoms with Crippen molar-refractivity contribution < 1.29 is 0 Å². The zero-order valence-corrected chi connectivity index (χ0v) is 8.85. The van der Waals surface area contributed by atoms with Crippen LogP contribution >= 0.6 is 0 Å². The molecule has 0 radical (unpaired) electrons. The molecule has 1 unspecified atom stereocenters. The van der Waals surface area contributed by atoms with E-state index < -0.39 is 0 Å². The van der Waals surface area contributed by atoms with Crippen LogP contribution in [0.1, 0.15) is 41.0 Å². The van der Waals surface area contributed by atoms with E-state index >= 15 is 0 Å². The lowest BCUT2D eigenvalue weighted by Crippen LogP contribution is -2.10. The lowest BCUT2D eigenvalue weighted by Gasteiger charge is -2.18. The van der Waals surface area contributed by atoms with Gasteiger partial charge in [0.05, 0.1) is 0 Å². The van der Waals surface area contributed by atoms with Gasteiger partial charge in [0.15, 0.2) is 0 Å². The summed E-state index contributed by atoms with van der Waals surface area (Å²) in [7, 11) is 1.42. The molecule has 0 N–H and O–H groups in total. The van der Waals surface area contributed by atoms with Crippen LogP contribution in [0.5, 0.6) is 0 Å². The molecular weight excluding hydrogens is 131 g/mol. The summed E-state index contributed by atoms with van der Waals surface area (Å²) in [6.07, 6.45) is 2.75. The first-order chi connectivity index (χ1) is 5.07. The molecule has 0 aromatic heterocycles. The first kappa shape index (κ1) is 11.1. The minimum absolute atomic E-state index is 0.874. The second-order valence-electron chi connectivity index (χ2n) is 4.38. The first-order valence-corrected chi connectivity index (χ1v) is 5.07. The molecule has 0 aliphatic heterocycles. The topological polar surface area (TPSA) is 0 Å². The standard InChI is InChI=1S/C10H23B/c1-6-10(9(4)5)11-7-8(2)3/h8-11H,6-7H2,1-5H3. The summed E-state index contributed by atoms with van der Waals surface area (Å²) < 4.78 is 0. The molecule has 0 aromatic rings. The lowest BCUT2D eigenvalue weighted by atomic mass is 9.55. The van der Waals surface area contributed by atoms with Gasteiger partial charge in [0.1, 0.15) is 7.28 Å². The van der Waals surface area contributed by atoms with Gasteiger partial charge in [-0.25, -0.2) is 0 Å². The molecule has 0 aliphatic rings. The van der Waals surface area contributed by atoms with E-state index in [1.165, 1.54) is 20.0 Å². The first-order valence-electron chi connectivity index (χ1n) is 5.07. The van der Waals surface area contributed by atoms with Crippen molar-refractivity contribution in [3.63, 3.8) is 0 Å². The van der Waals surface area contributed by atoms with E-state index in [0.717, 1.165) is 17.7 Å². The smallest absolute Gasteiger partial charge is 0.0749 e. The fourth-order valence-electron chi connectivity index (χ4n) is 1.56. The highest BCUT2D eigenvalue weighted by atomic mass is 14.1. The number of rotatable bonds is 5.